The maximum atomic E-state index is 13.0. The zero-order chi connectivity index (χ0) is 28.1. The van der Waals surface area contributed by atoms with Crippen molar-refractivity contribution in [2.45, 2.75) is 40.7 Å². The highest BCUT2D eigenvalue weighted by Gasteiger charge is 2.27. The summed E-state index contributed by atoms with van der Waals surface area (Å²) in [7, 11) is 0. The zero-order valence-electron chi connectivity index (χ0n) is 23.3. The molecular formula is C31H37N5O3. The van der Waals surface area contributed by atoms with Crippen molar-refractivity contribution in [2.24, 2.45) is 0 Å². The number of anilines is 1. The summed E-state index contributed by atoms with van der Waals surface area (Å²) in [6.07, 6.45) is 1.75. The number of carbonyl (C=O) groups is 3. The number of amides is 3. The van der Waals surface area contributed by atoms with Crippen LogP contribution in [0.4, 0.5) is 5.69 Å². The van der Waals surface area contributed by atoms with Crippen LogP contribution in [0, 0.1) is 13.8 Å². The van der Waals surface area contributed by atoms with Gasteiger partial charge in [0.2, 0.25) is 0 Å². The van der Waals surface area contributed by atoms with Gasteiger partial charge in [0, 0.05) is 41.3 Å². The Balaban J connectivity index is 1.55. The Kier molecular flexibility index (Phi) is 8.66. The van der Waals surface area contributed by atoms with Gasteiger partial charge in [0.15, 0.2) is 0 Å². The second-order valence-electron chi connectivity index (χ2n) is 9.82. The highest BCUT2D eigenvalue weighted by molar-refractivity contribution is 6.35. The molecule has 204 valence electrons. The minimum atomic E-state index is -0.253. The molecule has 3 aromatic rings. The first kappa shape index (κ1) is 27.9. The maximum Gasteiger partial charge on any atom is 0.256 e. The van der Waals surface area contributed by atoms with Crippen molar-refractivity contribution < 1.29 is 14.4 Å². The van der Waals surface area contributed by atoms with Crippen LogP contribution >= 0.6 is 0 Å². The molecule has 0 radical (unpaired) electrons. The van der Waals surface area contributed by atoms with Gasteiger partial charge in [-0.2, -0.15) is 0 Å². The predicted molar refractivity (Wildman–Crippen MR) is 156 cm³/mol. The van der Waals surface area contributed by atoms with Crippen molar-refractivity contribution in [1.29, 1.82) is 0 Å². The summed E-state index contributed by atoms with van der Waals surface area (Å²) in [6.45, 7) is 13.1. The van der Waals surface area contributed by atoms with E-state index in [0.717, 1.165) is 36.5 Å². The third-order valence-electron chi connectivity index (χ3n) is 7.31. The Hall–Kier alpha value is -4.17. The fourth-order valence-corrected chi connectivity index (χ4v) is 4.94. The SMILES string of the molecule is CCN(CC)CCNC(=O)c1c(C)[nH]c(/C=C2\C(=O)Nc3ccc(C(=O)NC(C)c4ccccc4)cc32)c1C. The van der Waals surface area contributed by atoms with Crippen LogP contribution in [0.15, 0.2) is 48.5 Å². The molecule has 0 bridgehead atoms. The number of hydrogen-bond donors (Lipinski definition) is 4. The summed E-state index contributed by atoms with van der Waals surface area (Å²) in [6, 6.07) is 14.8. The first-order valence-corrected chi connectivity index (χ1v) is 13.5. The van der Waals surface area contributed by atoms with Crippen molar-refractivity contribution in [1.82, 2.24) is 20.5 Å². The van der Waals surface area contributed by atoms with Crippen molar-refractivity contribution in [3.63, 3.8) is 0 Å². The molecule has 1 atom stereocenters. The molecule has 4 N–H and O–H groups in total. The molecule has 4 rings (SSSR count). The van der Waals surface area contributed by atoms with Gasteiger partial charge >= 0.3 is 0 Å². The largest absolute Gasteiger partial charge is 0.358 e. The van der Waals surface area contributed by atoms with E-state index >= 15 is 0 Å². The predicted octanol–water partition coefficient (Wildman–Crippen LogP) is 4.69. The van der Waals surface area contributed by atoms with Gasteiger partial charge in [0.1, 0.15) is 0 Å². The summed E-state index contributed by atoms with van der Waals surface area (Å²) < 4.78 is 0. The molecule has 3 amide bonds. The van der Waals surface area contributed by atoms with Gasteiger partial charge in [-0.05, 0) is 69.3 Å². The first-order chi connectivity index (χ1) is 18.7. The minimum absolute atomic E-state index is 0.138. The third kappa shape index (κ3) is 6.12. The Bertz CT molecular complexity index is 1400. The van der Waals surface area contributed by atoms with E-state index in [9.17, 15) is 14.4 Å². The number of nitrogens with one attached hydrogen (secondary N) is 4. The third-order valence-corrected chi connectivity index (χ3v) is 7.31. The summed E-state index contributed by atoms with van der Waals surface area (Å²) in [5.74, 6) is -0.610. The quantitative estimate of drug-likeness (QED) is 0.287. The van der Waals surface area contributed by atoms with E-state index in [4.69, 9.17) is 0 Å². The Morgan fingerprint density at radius 1 is 1.03 bits per heavy atom. The number of aromatic amines is 1. The molecule has 1 aliphatic rings. The van der Waals surface area contributed by atoms with Gasteiger partial charge in [0.25, 0.3) is 17.7 Å². The maximum absolute atomic E-state index is 13.0. The van der Waals surface area contributed by atoms with Gasteiger partial charge in [-0.1, -0.05) is 44.2 Å². The van der Waals surface area contributed by atoms with Crippen LogP contribution in [0.25, 0.3) is 11.6 Å². The molecule has 1 aromatic heterocycles. The van der Waals surface area contributed by atoms with Crippen molar-refractivity contribution in [2.75, 3.05) is 31.5 Å². The van der Waals surface area contributed by atoms with Crippen molar-refractivity contribution in [3.8, 4) is 0 Å². The van der Waals surface area contributed by atoms with Crippen LogP contribution in [0.5, 0.6) is 0 Å². The van der Waals surface area contributed by atoms with Gasteiger partial charge < -0.3 is 25.8 Å². The van der Waals surface area contributed by atoms with E-state index < -0.39 is 0 Å². The van der Waals surface area contributed by atoms with E-state index in [1.54, 1.807) is 24.3 Å². The highest BCUT2D eigenvalue weighted by Crippen LogP contribution is 2.35. The molecule has 39 heavy (non-hydrogen) atoms. The summed E-state index contributed by atoms with van der Waals surface area (Å²) in [4.78, 5) is 44.4. The first-order valence-electron chi connectivity index (χ1n) is 13.5. The van der Waals surface area contributed by atoms with Crippen LogP contribution in [-0.4, -0.2) is 53.8 Å². The molecule has 0 saturated carbocycles. The van der Waals surface area contributed by atoms with E-state index in [0.29, 0.717) is 40.2 Å². The second kappa shape index (κ2) is 12.1. The van der Waals surface area contributed by atoms with E-state index in [-0.39, 0.29) is 23.8 Å². The van der Waals surface area contributed by atoms with Crippen LogP contribution in [0.2, 0.25) is 0 Å². The number of benzene rings is 2. The van der Waals surface area contributed by atoms with Crippen molar-refractivity contribution in [3.05, 3.63) is 87.7 Å². The molecule has 1 aliphatic heterocycles. The lowest BCUT2D eigenvalue weighted by molar-refractivity contribution is -0.110. The fourth-order valence-electron chi connectivity index (χ4n) is 4.94. The molecule has 0 saturated heterocycles. The smallest absolute Gasteiger partial charge is 0.256 e. The number of nitrogens with zero attached hydrogens (tertiary/aromatic N) is 1. The Morgan fingerprint density at radius 2 is 1.74 bits per heavy atom. The normalized spacial score (nSPS) is 14.3. The van der Waals surface area contributed by atoms with E-state index in [1.165, 1.54) is 0 Å². The summed E-state index contributed by atoms with van der Waals surface area (Å²) in [5.41, 5.74) is 5.99. The molecular weight excluding hydrogens is 490 g/mol. The average molecular weight is 528 g/mol. The summed E-state index contributed by atoms with van der Waals surface area (Å²) >= 11 is 0. The number of H-pyrrole nitrogens is 1. The van der Waals surface area contributed by atoms with Gasteiger partial charge in [-0.15, -0.1) is 0 Å². The standard InChI is InChI=1S/C31H37N5O3/c1-6-36(7-2)16-15-32-31(39)28-19(3)27(33-21(28)5)18-25-24-17-23(13-14-26(24)35-30(25)38)29(37)34-20(4)22-11-9-8-10-12-22/h8-14,17-18,20,33H,6-7,15-16H2,1-5H3,(H,32,39)(H,34,37)(H,35,38)/b25-18-. The number of carbonyl (C=O) groups excluding carboxylic acids is 3. The average Bonchev–Trinajstić information content (AvgIpc) is 3.40. The van der Waals surface area contributed by atoms with Gasteiger partial charge in [-0.3, -0.25) is 14.4 Å². The zero-order valence-corrected chi connectivity index (χ0v) is 23.3. The molecule has 2 heterocycles. The number of rotatable bonds is 10. The fraction of sp³-hybridized carbons (Fsp3) is 0.323. The van der Waals surface area contributed by atoms with Crippen LogP contribution in [-0.2, 0) is 4.79 Å². The molecule has 0 aliphatic carbocycles. The van der Waals surface area contributed by atoms with Crippen LogP contribution in [0.3, 0.4) is 0 Å². The Labute approximate surface area is 229 Å². The number of fused-ring (bicyclic) bond motifs is 1. The van der Waals surface area contributed by atoms with Gasteiger partial charge in [-0.25, -0.2) is 0 Å². The van der Waals surface area contributed by atoms with Gasteiger partial charge in [0.05, 0.1) is 17.2 Å². The van der Waals surface area contributed by atoms with Crippen molar-refractivity contribution >= 4 is 35.1 Å². The van der Waals surface area contributed by atoms with Crippen LogP contribution in [0.1, 0.15) is 75.6 Å². The number of aryl methyl sites for hydroxylation is 1. The highest BCUT2D eigenvalue weighted by atomic mass is 16.2. The topological polar surface area (TPSA) is 106 Å². The summed E-state index contributed by atoms with van der Waals surface area (Å²) in [5, 5.41) is 8.92. The minimum Gasteiger partial charge on any atom is -0.358 e. The number of hydrogen-bond acceptors (Lipinski definition) is 4. The Morgan fingerprint density at radius 3 is 2.44 bits per heavy atom. The molecule has 2 aromatic carbocycles. The van der Waals surface area contributed by atoms with E-state index in [2.05, 4.69) is 39.7 Å². The number of likely N-dealkylation sites (N-methyl/N-ethyl adjacent to an activating group) is 1. The lowest BCUT2D eigenvalue weighted by Gasteiger charge is -2.18. The molecule has 8 nitrogen and oxygen atoms in total. The lowest BCUT2D eigenvalue weighted by Crippen LogP contribution is -2.35. The lowest BCUT2D eigenvalue weighted by atomic mass is 10.0. The molecule has 8 heteroatoms. The number of aromatic nitrogens is 1. The second-order valence-corrected chi connectivity index (χ2v) is 9.82. The molecule has 0 fully saturated rings. The monoisotopic (exact) mass is 527 g/mol. The van der Waals surface area contributed by atoms with E-state index in [1.807, 2.05) is 51.1 Å². The van der Waals surface area contributed by atoms with Crippen LogP contribution < -0.4 is 16.0 Å². The molecule has 0 spiro atoms. The molecule has 1 unspecified atom stereocenters.